The number of hydrogen-bond donors (Lipinski definition) is 2. The van der Waals surface area contributed by atoms with E-state index in [0.717, 1.165) is 0 Å². The van der Waals surface area contributed by atoms with E-state index in [1.807, 2.05) is 0 Å². The van der Waals surface area contributed by atoms with Gasteiger partial charge in [-0.05, 0) is 0 Å². The van der Waals surface area contributed by atoms with Crippen molar-refractivity contribution in [3.8, 4) is 0 Å². The van der Waals surface area contributed by atoms with E-state index in [9.17, 15) is 17.6 Å². The molecule has 0 spiro atoms. The summed E-state index contributed by atoms with van der Waals surface area (Å²) >= 11 is 0. The molecule has 2 atom stereocenters. The van der Waals surface area contributed by atoms with E-state index in [1.54, 1.807) is 0 Å². The van der Waals surface area contributed by atoms with Gasteiger partial charge < -0.3 is 10.8 Å². The fourth-order valence-corrected chi connectivity index (χ4v) is 0.469. The third-order valence-corrected chi connectivity index (χ3v) is 1.11. The van der Waals surface area contributed by atoms with Crippen molar-refractivity contribution < 1.29 is 22.7 Å². The van der Waals surface area contributed by atoms with E-state index >= 15 is 0 Å². The molecule has 0 saturated heterocycles. The van der Waals surface area contributed by atoms with Gasteiger partial charge in [0.2, 0.25) is 0 Å². The molecule has 0 radical (unpaired) electrons. The summed E-state index contributed by atoms with van der Waals surface area (Å²) in [4.78, 5) is 0. The van der Waals surface area contributed by atoms with Crippen molar-refractivity contribution >= 4 is 0 Å². The Morgan fingerprint density at radius 3 is 2.09 bits per heavy atom. The van der Waals surface area contributed by atoms with E-state index in [1.165, 1.54) is 0 Å². The average Bonchev–Trinajstić information content (AvgIpc) is 1.85. The lowest BCUT2D eigenvalue weighted by molar-refractivity contribution is -0.186. The molecule has 0 rings (SSSR count). The van der Waals surface area contributed by atoms with Crippen LogP contribution in [0, 0.1) is 0 Å². The molecule has 0 heterocycles. The molecule has 0 fully saturated rings. The minimum absolute atomic E-state index is 0.365. The number of alkyl halides is 4. The molecule has 0 aliphatic heterocycles. The summed E-state index contributed by atoms with van der Waals surface area (Å²) in [5.74, 6) is 0. The van der Waals surface area contributed by atoms with Crippen molar-refractivity contribution in [3.63, 3.8) is 0 Å². The van der Waals surface area contributed by atoms with Gasteiger partial charge in [0.05, 0.1) is 6.10 Å². The number of aliphatic hydroxyl groups excluding tert-OH is 1. The Bertz CT molecular complexity index is 116. The molecule has 0 bridgehead atoms. The first-order valence-electron chi connectivity index (χ1n) is 2.97. The molecule has 0 aromatic heterocycles. The molecule has 0 amide bonds. The highest BCUT2D eigenvalue weighted by Crippen LogP contribution is 2.25. The smallest absolute Gasteiger partial charge is 0.392 e. The molecular formula is C5H9F4NO. The number of aliphatic hydroxyl groups is 1. The van der Waals surface area contributed by atoms with Gasteiger partial charge in [0.25, 0.3) is 0 Å². The predicted octanol–water partition coefficient (Wildman–Crippen LogP) is 0.597. The molecule has 0 aliphatic rings. The zero-order valence-electron chi connectivity index (χ0n) is 5.61. The molecule has 68 valence electrons. The first-order valence-corrected chi connectivity index (χ1v) is 2.97. The van der Waals surface area contributed by atoms with E-state index in [2.05, 4.69) is 0 Å². The Morgan fingerprint density at radius 2 is 1.82 bits per heavy atom. The van der Waals surface area contributed by atoms with Gasteiger partial charge in [-0.2, -0.15) is 13.2 Å². The van der Waals surface area contributed by atoms with Crippen molar-refractivity contribution in [2.75, 3.05) is 6.54 Å². The Morgan fingerprint density at radius 1 is 1.36 bits per heavy atom. The largest absolute Gasteiger partial charge is 0.419 e. The van der Waals surface area contributed by atoms with Crippen LogP contribution in [0.15, 0.2) is 0 Å². The molecule has 11 heavy (non-hydrogen) atoms. The highest BCUT2D eigenvalue weighted by Gasteiger charge is 2.40. The molecule has 3 N–H and O–H groups in total. The van der Waals surface area contributed by atoms with Gasteiger partial charge >= 0.3 is 6.18 Å². The fourth-order valence-electron chi connectivity index (χ4n) is 0.469. The van der Waals surface area contributed by atoms with E-state index in [-0.39, 0.29) is 6.54 Å². The summed E-state index contributed by atoms with van der Waals surface area (Å²) in [6, 6.07) is 0. The fraction of sp³-hybridized carbons (Fsp3) is 1.00. The van der Waals surface area contributed by atoms with Gasteiger partial charge in [0, 0.05) is 13.0 Å². The van der Waals surface area contributed by atoms with Crippen molar-refractivity contribution in [2.24, 2.45) is 5.73 Å². The van der Waals surface area contributed by atoms with Gasteiger partial charge in [0.15, 0.2) is 6.17 Å². The van der Waals surface area contributed by atoms with Crippen LogP contribution in [-0.4, -0.2) is 30.1 Å². The lowest BCUT2D eigenvalue weighted by Gasteiger charge is -2.14. The lowest BCUT2D eigenvalue weighted by atomic mass is 10.2. The first-order chi connectivity index (χ1) is 4.88. The minimum Gasteiger partial charge on any atom is -0.392 e. The maximum Gasteiger partial charge on any atom is 0.419 e. The quantitative estimate of drug-likeness (QED) is 0.617. The van der Waals surface area contributed by atoms with Crippen LogP contribution in [0.25, 0.3) is 0 Å². The first kappa shape index (κ1) is 10.6. The van der Waals surface area contributed by atoms with E-state index < -0.39 is 24.9 Å². The van der Waals surface area contributed by atoms with Crippen LogP contribution in [0.2, 0.25) is 0 Å². The second-order valence-electron chi connectivity index (χ2n) is 2.13. The van der Waals surface area contributed by atoms with Gasteiger partial charge in [-0.15, -0.1) is 0 Å². The van der Waals surface area contributed by atoms with Crippen LogP contribution in [0.4, 0.5) is 17.6 Å². The summed E-state index contributed by atoms with van der Waals surface area (Å²) < 4.78 is 46.3. The summed E-state index contributed by atoms with van der Waals surface area (Å²) in [6.45, 7) is -0.365. The van der Waals surface area contributed by atoms with Crippen molar-refractivity contribution in [1.29, 1.82) is 0 Å². The van der Waals surface area contributed by atoms with E-state index in [0.29, 0.717) is 0 Å². The van der Waals surface area contributed by atoms with Gasteiger partial charge in [-0.3, -0.25) is 0 Å². The number of halogens is 4. The molecule has 6 heteroatoms. The second kappa shape index (κ2) is 3.87. The predicted molar refractivity (Wildman–Crippen MR) is 30.6 cm³/mol. The van der Waals surface area contributed by atoms with Gasteiger partial charge in [-0.1, -0.05) is 0 Å². The zero-order valence-corrected chi connectivity index (χ0v) is 5.61. The molecule has 2 unspecified atom stereocenters. The summed E-state index contributed by atoms with van der Waals surface area (Å²) in [6.07, 6.45) is -10.3. The Balaban J connectivity index is 3.77. The normalized spacial score (nSPS) is 18.0. The third kappa shape index (κ3) is 4.15. The number of hydrogen-bond acceptors (Lipinski definition) is 2. The van der Waals surface area contributed by atoms with Crippen LogP contribution in [0.5, 0.6) is 0 Å². The zero-order chi connectivity index (χ0) is 9.07. The van der Waals surface area contributed by atoms with E-state index in [4.69, 9.17) is 10.8 Å². The topological polar surface area (TPSA) is 46.2 Å². The SMILES string of the molecule is NCC(O)CC(F)C(F)(F)F. The maximum atomic E-state index is 12.0. The van der Waals surface area contributed by atoms with Crippen molar-refractivity contribution in [2.45, 2.75) is 24.9 Å². The minimum atomic E-state index is -4.89. The Hall–Kier alpha value is -0.360. The summed E-state index contributed by atoms with van der Waals surface area (Å²) in [5, 5.41) is 8.53. The highest BCUT2D eigenvalue weighted by molar-refractivity contribution is 4.70. The number of rotatable bonds is 3. The molecular weight excluding hydrogens is 166 g/mol. The summed E-state index contributed by atoms with van der Waals surface area (Å²) in [7, 11) is 0. The van der Waals surface area contributed by atoms with Gasteiger partial charge in [-0.25, -0.2) is 4.39 Å². The molecule has 0 aromatic rings. The highest BCUT2D eigenvalue weighted by atomic mass is 19.4. The maximum absolute atomic E-state index is 12.0. The lowest BCUT2D eigenvalue weighted by Crippen LogP contribution is -2.32. The van der Waals surface area contributed by atoms with Crippen LogP contribution in [-0.2, 0) is 0 Å². The summed E-state index contributed by atoms with van der Waals surface area (Å²) in [5.41, 5.74) is 4.78. The molecule has 2 nitrogen and oxygen atoms in total. The average molecular weight is 175 g/mol. The van der Waals surface area contributed by atoms with Gasteiger partial charge in [0.1, 0.15) is 0 Å². The monoisotopic (exact) mass is 175 g/mol. The van der Waals surface area contributed by atoms with Crippen LogP contribution < -0.4 is 5.73 Å². The Kier molecular flexibility index (Phi) is 3.74. The van der Waals surface area contributed by atoms with Crippen LogP contribution in [0.1, 0.15) is 6.42 Å². The van der Waals surface area contributed by atoms with Crippen LogP contribution in [0.3, 0.4) is 0 Å². The van der Waals surface area contributed by atoms with Crippen LogP contribution >= 0.6 is 0 Å². The second-order valence-corrected chi connectivity index (χ2v) is 2.13. The van der Waals surface area contributed by atoms with Crippen molar-refractivity contribution in [1.82, 2.24) is 0 Å². The third-order valence-electron chi connectivity index (χ3n) is 1.11. The molecule has 0 saturated carbocycles. The number of nitrogens with two attached hydrogens (primary N) is 1. The molecule has 0 aromatic carbocycles. The standard InChI is InChI=1S/C5H9F4NO/c6-4(5(7,8)9)1-3(11)2-10/h3-4,11H,1-2,10H2. The Labute approximate surface area is 61.0 Å². The van der Waals surface area contributed by atoms with Crippen molar-refractivity contribution in [3.05, 3.63) is 0 Å². The molecule has 0 aliphatic carbocycles.